The Morgan fingerprint density at radius 3 is 1.81 bits per heavy atom. The molecule has 0 radical (unpaired) electrons. The van der Waals surface area contributed by atoms with Crippen LogP contribution in [0.5, 0.6) is 0 Å². The average Bonchev–Trinajstić information content (AvgIpc) is 2.82. The molecule has 0 spiro atoms. The molecule has 4 nitrogen and oxygen atoms in total. The molecule has 4 heteroatoms. The summed E-state index contributed by atoms with van der Waals surface area (Å²) < 4.78 is 0. The lowest BCUT2D eigenvalue weighted by molar-refractivity contribution is -0.161. The van der Waals surface area contributed by atoms with Crippen molar-refractivity contribution in [2.45, 2.75) is 45.4 Å². The summed E-state index contributed by atoms with van der Waals surface area (Å²) in [5.41, 5.74) is 6.88. The highest BCUT2D eigenvalue weighted by atomic mass is 16.7. The number of benzene rings is 3. The Balaban J connectivity index is 1.34. The summed E-state index contributed by atoms with van der Waals surface area (Å²) in [6.07, 6.45) is 5.16. The van der Waals surface area contributed by atoms with Crippen LogP contribution in [0.3, 0.4) is 0 Å². The molecule has 1 atom stereocenters. The highest BCUT2D eigenvalue weighted by Crippen LogP contribution is 2.12. The fourth-order valence-electron chi connectivity index (χ4n) is 3.61. The number of rotatable bonds is 10. The fraction of sp³-hybridized carbons (Fsp3) is 0.286. The largest absolute Gasteiger partial charge is 0.340 e. The first-order valence-electron chi connectivity index (χ1n) is 11.3. The van der Waals surface area contributed by atoms with E-state index >= 15 is 0 Å². The highest BCUT2D eigenvalue weighted by Gasteiger charge is 2.17. The van der Waals surface area contributed by atoms with Gasteiger partial charge in [-0.1, -0.05) is 91.9 Å². The van der Waals surface area contributed by atoms with E-state index in [0.717, 1.165) is 36.8 Å². The van der Waals surface area contributed by atoms with Gasteiger partial charge in [0.25, 0.3) is 5.91 Å². The van der Waals surface area contributed by atoms with Crippen molar-refractivity contribution in [1.29, 1.82) is 0 Å². The maximum atomic E-state index is 12.1. The molecule has 0 fully saturated rings. The standard InChI is InChI=1S/C28H31NO3/c1-22(20-25-14-6-3-7-15-25)28(31)32-29-27(30)21-26-18-16-24(17-19-26)13-9-8-12-23-10-4-2-5-11-23/h2-7,10-11,14-19,22H,8-9,12-13,20-21H2,1H3,(H,29,30)/t22-/m0/s1. The van der Waals surface area contributed by atoms with Gasteiger partial charge >= 0.3 is 5.97 Å². The summed E-state index contributed by atoms with van der Waals surface area (Å²) in [7, 11) is 0. The summed E-state index contributed by atoms with van der Waals surface area (Å²) >= 11 is 0. The molecule has 32 heavy (non-hydrogen) atoms. The van der Waals surface area contributed by atoms with E-state index in [1.165, 1.54) is 11.1 Å². The van der Waals surface area contributed by atoms with Crippen LogP contribution in [0, 0.1) is 5.92 Å². The molecule has 0 aliphatic rings. The van der Waals surface area contributed by atoms with Crippen LogP contribution in [0.4, 0.5) is 0 Å². The van der Waals surface area contributed by atoms with Gasteiger partial charge in [0.05, 0.1) is 12.3 Å². The van der Waals surface area contributed by atoms with Crippen molar-refractivity contribution in [3.05, 3.63) is 107 Å². The van der Waals surface area contributed by atoms with Crippen LogP contribution >= 0.6 is 0 Å². The first-order valence-corrected chi connectivity index (χ1v) is 11.3. The topological polar surface area (TPSA) is 55.4 Å². The van der Waals surface area contributed by atoms with Crippen molar-refractivity contribution < 1.29 is 14.4 Å². The van der Waals surface area contributed by atoms with Crippen LogP contribution in [-0.4, -0.2) is 11.9 Å². The third kappa shape index (κ3) is 8.03. The Bertz CT molecular complexity index is 969. The summed E-state index contributed by atoms with van der Waals surface area (Å²) in [5.74, 6) is -1.10. The van der Waals surface area contributed by atoms with Crippen molar-refractivity contribution in [2.75, 3.05) is 0 Å². The normalized spacial score (nSPS) is 11.5. The van der Waals surface area contributed by atoms with Gasteiger partial charge in [0.15, 0.2) is 0 Å². The van der Waals surface area contributed by atoms with Crippen LogP contribution < -0.4 is 5.48 Å². The summed E-state index contributed by atoms with van der Waals surface area (Å²) in [5, 5.41) is 0. The first-order chi connectivity index (χ1) is 15.6. The minimum Gasteiger partial charge on any atom is -0.340 e. The van der Waals surface area contributed by atoms with Crippen molar-refractivity contribution in [3.63, 3.8) is 0 Å². The fourth-order valence-corrected chi connectivity index (χ4v) is 3.61. The van der Waals surface area contributed by atoms with E-state index in [9.17, 15) is 9.59 Å². The molecule has 0 heterocycles. The molecule has 0 saturated carbocycles. The molecule has 0 aliphatic carbocycles. The van der Waals surface area contributed by atoms with Gasteiger partial charge in [0.1, 0.15) is 0 Å². The summed E-state index contributed by atoms with van der Waals surface area (Å²) in [6, 6.07) is 28.3. The minimum absolute atomic E-state index is 0.175. The molecule has 166 valence electrons. The van der Waals surface area contributed by atoms with E-state index < -0.39 is 5.97 Å². The second kappa shape index (κ2) is 12.5. The number of amides is 1. The van der Waals surface area contributed by atoms with E-state index in [-0.39, 0.29) is 18.2 Å². The number of unbranched alkanes of at least 4 members (excludes halogenated alkanes) is 1. The lowest BCUT2D eigenvalue weighted by atomic mass is 10.0. The van der Waals surface area contributed by atoms with Gasteiger partial charge in [0.2, 0.25) is 0 Å². The third-order valence-electron chi connectivity index (χ3n) is 5.46. The SMILES string of the molecule is C[C@@H](Cc1ccccc1)C(=O)ONC(=O)Cc1ccc(CCCCc2ccccc2)cc1. The van der Waals surface area contributed by atoms with Crippen LogP contribution in [0.15, 0.2) is 84.9 Å². The molecule has 3 rings (SSSR count). The molecule has 1 amide bonds. The molecular weight excluding hydrogens is 398 g/mol. The van der Waals surface area contributed by atoms with Crippen LogP contribution in [0.1, 0.15) is 42.0 Å². The zero-order valence-electron chi connectivity index (χ0n) is 18.6. The number of aryl methyl sites for hydroxylation is 2. The monoisotopic (exact) mass is 429 g/mol. The van der Waals surface area contributed by atoms with E-state index in [0.29, 0.717) is 6.42 Å². The second-order valence-corrected chi connectivity index (χ2v) is 8.22. The van der Waals surface area contributed by atoms with E-state index in [1.54, 1.807) is 6.92 Å². The summed E-state index contributed by atoms with van der Waals surface area (Å²) in [4.78, 5) is 29.3. The van der Waals surface area contributed by atoms with E-state index in [2.05, 4.69) is 41.9 Å². The zero-order valence-corrected chi connectivity index (χ0v) is 18.6. The predicted octanol–water partition coefficient (Wildman–Crippen LogP) is 5.25. The van der Waals surface area contributed by atoms with Gasteiger partial charge in [-0.2, -0.15) is 5.48 Å². The number of nitrogens with one attached hydrogen (secondary N) is 1. The average molecular weight is 430 g/mol. The van der Waals surface area contributed by atoms with Gasteiger partial charge in [0, 0.05) is 0 Å². The zero-order chi connectivity index (χ0) is 22.6. The molecule has 0 saturated heterocycles. The maximum Gasteiger partial charge on any atom is 0.335 e. The Morgan fingerprint density at radius 1 is 0.719 bits per heavy atom. The first kappa shape index (κ1) is 23.3. The molecule has 1 N–H and O–H groups in total. The molecule has 3 aromatic carbocycles. The van der Waals surface area contributed by atoms with Crippen molar-refractivity contribution in [2.24, 2.45) is 5.92 Å². The Kier molecular flexibility index (Phi) is 9.05. The molecule has 0 bridgehead atoms. The third-order valence-corrected chi connectivity index (χ3v) is 5.46. The smallest absolute Gasteiger partial charge is 0.335 e. The number of hydrogen-bond donors (Lipinski definition) is 1. The molecular formula is C28H31NO3. The van der Waals surface area contributed by atoms with Crippen LogP contribution in [-0.2, 0) is 40.1 Å². The number of carbonyl (C=O) groups excluding carboxylic acids is 2. The Labute approximate surface area is 190 Å². The molecule has 3 aromatic rings. The van der Waals surface area contributed by atoms with Gasteiger partial charge in [-0.3, -0.25) is 4.79 Å². The molecule has 0 aromatic heterocycles. The number of carbonyl (C=O) groups is 2. The second-order valence-electron chi connectivity index (χ2n) is 8.22. The molecule has 0 unspecified atom stereocenters. The highest BCUT2D eigenvalue weighted by molar-refractivity contribution is 5.80. The Hall–Kier alpha value is -3.40. The van der Waals surface area contributed by atoms with Gasteiger partial charge in [-0.25, -0.2) is 4.79 Å². The Morgan fingerprint density at radius 2 is 1.22 bits per heavy atom. The van der Waals surface area contributed by atoms with Crippen LogP contribution in [0.25, 0.3) is 0 Å². The lowest BCUT2D eigenvalue weighted by Crippen LogP contribution is -2.31. The van der Waals surface area contributed by atoms with E-state index in [4.69, 9.17) is 4.84 Å². The summed E-state index contributed by atoms with van der Waals surface area (Å²) in [6.45, 7) is 1.79. The van der Waals surface area contributed by atoms with Crippen molar-refractivity contribution in [3.8, 4) is 0 Å². The quantitative estimate of drug-likeness (QED) is 0.354. The van der Waals surface area contributed by atoms with E-state index in [1.807, 2.05) is 48.5 Å². The van der Waals surface area contributed by atoms with Gasteiger partial charge < -0.3 is 4.84 Å². The van der Waals surface area contributed by atoms with Crippen molar-refractivity contribution >= 4 is 11.9 Å². The maximum absolute atomic E-state index is 12.1. The number of hydroxylamine groups is 1. The van der Waals surface area contributed by atoms with Gasteiger partial charge in [-0.15, -0.1) is 0 Å². The molecule has 0 aliphatic heterocycles. The minimum atomic E-state index is -0.437. The number of hydrogen-bond acceptors (Lipinski definition) is 3. The van der Waals surface area contributed by atoms with Gasteiger partial charge in [-0.05, 0) is 54.4 Å². The predicted molar refractivity (Wildman–Crippen MR) is 127 cm³/mol. The van der Waals surface area contributed by atoms with Crippen LogP contribution in [0.2, 0.25) is 0 Å². The van der Waals surface area contributed by atoms with Crippen molar-refractivity contribution in [1.82, 2.24) is 5.48 Å². The lowest BCUT2D eigenvalue weighted by Gasteiger charge is -2.11.